The summed E-state index contributed by atoms with van der Waals surface area (Å²) in [5.41, 5.74) is 0.888. The lowest BCUT2D eigenvalue weighted by Gasteiger charge is -2.07. The number of nitrogens with one attached hydrogen (secondary N) is 2. The number of carbonyl (C=O) groups is 1. The van der Waals surface area contributed by atoms with Crippen LogP contribution in [0.2, 0.25) is 0 Å². The fraction of sp³-hybridized carbons (Fsp3) is 0.571. The van der Waals surface area contributed by atoms with Gasteiger partial charge >= 0.3 is 0 Å². The van der Waals surface area contributed by atoms with Gasteiger partial charge in [-0.1, -0.05) is 19.9 Å². The van der Waals surface area contributed by atoms with Crippen molar-refractivity contribution in [3.8, 4) is 0 Å². The molecule has 0 spiro atoms. The Balaban J connectivity index is 2.04. The summed E-state index contributed by atoms with van der Waals surface area (Å²) in [4.78, 5) is 15.7. The first kappa shape index (κ1) is 14.6. The monoisotopic (exact) mass is 249 g/mol. The summed E-state index contributed by atoms with van der Waals surface area (Å²) in [6.45, 7) is 6.61. The molecule has 0 aliphatic heterocycles. The predicted octanol–water partition coefficient (Wildman–Crippen LogP) is 1.72. The number of nitrogens with zero attached hydrogens (tertiary/aromatic N) is 1. The lowest BCUT2D eigenvalue weighted by molar-refractivity contribution is -0.121. The maximum Gasteiger partial charge on any atom is 0.221 e. The van der Waals surface area contributed by atoms with Crippen molar-refractivity contribution < 1.29 is 4.79 Å². The molecule has 2 N–H and O–H groups in total. The summed E-state index contributed by atoms with van der Waals surface area (Å²) in [5.74, 6) is 0.771. The molecule has 0 aromatic carbocycles. The Hall–Kier alpha value is -1.42. The van der Waals surface area contributed by atoms with Crippen LogP contribution in [0, 0.1) is 5.92 Å². The number of hydrogen-bond acceptors (Lipinski definition) is 3. The average molecular weight is 249 g/mol. The van der Waals surface area contributed by atoms with Crippen LogP contribution in [-0.2, 0) is 11.3 Å². The van der Waals surface area contributed by atoms with Crippen molar-refractivity contribution in [3.05, 3.63) is 30.1 Å². The smallest absolute Gasteiger partial charge is 0.221 e. The minimum Gasteiger partial charge on any atom is -0.350 e. The highest BCUT2D eigenvalue weighted by Gasteiger charge is 2.01. The number of aromatic nitrogens is 1. The van der Waals surface area contributed by atoms with Gasteiger partial charge in [0.15, 0.2) is 0 Å². The SMILES string of the molecule is CC(C)CCNCCC(=O)NCc1ccccn1. The van der Waals surface area contributed by atoms with E-state index in [4.69, 9.17) is 0 Å². The highest BCUT2D eigenvalue weighted by Crippen LogP contribution is 1.96. The topological polar surface area (TPSA) is 54.0 Å². The first-order valence-corrected chi connectivity index (χ1v) is 6.56. The molecular weight excluding hydrogens is 226 g/mol. The summed E-state index contributed by atoms with van der Waals surface area (Å²) in [7, 11) is 0. The second kappa shape index (κ2) is 8.64. The third-order valence-corrected chi connectivity index (χ3v) is 2.62. The standard InChI is InChI=1S/C14H23N3O/c1-12(2)6-9-15-10-7-14(18)17-11-13-5-3-4-8-16-13/h3-5,8,12,15H,6-7,9-11H2,1-2H3,(H,17,18). The van der Waals surface area contributed by atoms with E-state index in [1.54, 1.807) is 6.20 Å². The Morgan fingerprint density at radius 2 is 2.17 bits per heavy atom. The molecule has 1 aromatic rings. The fourth-order valence-corrected chi connectivity index (χ4v) is 1.50. The molecule has 1 aromatic heterocycles. The Morgan fingerprint density at radius 1 is 1.33 bits per heavy atom. The second-order valence-electron chi connectivity index (χ2n) is 4.78. The predicted molar refractivity (Wildman–Crippen MR) is 73.0 cm³/mol. The van der Waals surface area contributed by atoms with E-state index in [-0.39, 0.29) is 5.91 Å². The van der Waals surface area contributed by atoms with Gasteiger partial charge in [0.2, 0.25) is 5.91 Å². The Kier molecular flexibility index (Phi) is 7.03. The Morgan fingerprint density at radius 3 is 2.83 bits per heavy atom. The molecule has 0 aliphatic carbocycles. The zero-order valence-electron chi connectivity index (χ0n) is 11.3. The van der Waals surface area contributed by atoms with Crippen molar-refractivity contribution in [1.29, 1.82) is 0 Å². The average Bonchev–Trinajstić information content (AvgIpc) is 2.37. The zero-order valence-corrected chi connectivity index (χ0v) is 11.3. The number of carbonyl (C=O) groups excluding carboxylic acids is 1. The molecule has 0 fully saturated rings. The van der Waals surface area contributed by atoms with Gasteiger partial charge in [0.05, 0.1) is 12.2 Å². The van der Waals surface area contributed by atoms with Crippen molar-refractivity contribution in [1.82, 2.24) is 15.6 Å². The molecule has 0 saturated carbocycles. The Bertz CT molecular complexity index is 338. The van der Waals surface area contributed by atoms with E-state index in [1.807, 2.05) is 18.2 Å². The van der Waals surface area contributed by atoms with Crippen LogP contribution in [0.1, 0.15) is 32.4 Å². The third kappa shape index (κ3) is 7.01. The molecule has 1 heterocycles. The summed E-state index contributed by atoms with van der Waals surface area (Å²) < 4.78 is 0. The summed E-state index contributed by atoms with van der Waals surface area (Å²) in [6.07, 6.45) is 3.40. The van der Waals surface area contributed by atoms with Crippen LogP contribution in [0.5, 0.6) is 0 Å². The van der Waals surface area contributed by atoms with Crippen molar-refractivity contribution in [2.24, 2.45) is 5.92 Å². The van der Waals surface area contributed by atoms with E-state index in [2.05, 4.69) is 29.5 Å². The first-order valence-electron chi connectivity index (χ1n) is 6.56. The van der Waals surface area contributed by atoms with E-state index < -0.39 is 0 Å². The van der Waals surface area contributed by atoms with Crippen molar-refractivity contribution in [2.75, 3.05) is 13.1 Å². The van der Waals surface area contributed by atoms with Crippen LogP contribution in [0.3, 0.4) is 0 Å². The number of rotatable bonds is 8. The van der Waals surface area contributed by atoms with Gasteiger partial charge in [-0.3, -0.25) is 9.78 Å². The minimum atomic E-state index is 0.0673. The number of hydrogen-bond donors (Lipinski definition) is 2. The van der Waals surface area contributed by atoms with Gasteiger partial charge < -0.3 is 10.6 Å². The number of pyridine rings is 1. The lowest BCUT2D eigenvalue weighted by Crippen LogP contribution is -2.28. The molecule has 0 radical (unpaired) electrons. The van der Waals surface area contributed by atoms with Crippen LogP contribution < -0.4 is 10.6 Å². The van der Waals surface area contributed by atoms with Crippen molar-refractivity contribution in [3.63, 3.8) is 0 Å². The summed E-state index contributed by atoms with van der Waals surface area (Å²) in [5, 5.41) is 6.13. The van der Waals surface area contributed by atoms with Crippen LogP contribution in [-0.4, -0.2) is 24.0 Å². The lowest BCUT2D eigenvalue weighted by atomic mass is 10.1. The Labute approximate surface area is 109 Å². The molecule has 1 amide bonds. The van der Waals surface area contributed by atoms with E-state index >= 15 is 0 Å². The van der Waals surface area contributed by atoms with Crippen LogP contribution in [0.25, 0.3) is 0 Å². The molecule has 1 rings (SSSR count). The highest BCUT2D eigenvalue weighted by atomic mass is 16.1. The summed E-state index contributed by atoms with van der Waals surface area (Å²) >= 11 is 0. The maximum atomic E-state index is 11.5. The van der Waals surface area contributed by atoms with Crippen LogP contribution >= 0.6 is 0 Å². The molecule has 4 heteroatoms. The highest BCUT2D eigenvalue weighted by molar-refractivity contribution is 5.75. The molecule has 0 saturated heterocycles. The molecular formula is C14H23N3O. The molecule has 100 valence electrons. The van der Waals surface area contributed by atoms with E-state index in [1.165, 1.54) is 0 Å². The van der Waals surface area contributed by atoms with Crippen LogP contribution in [0.4, 0.5) is 0 Å². The fourth-order valence-electron chi connectivity index (χ4n) is 1.50. The molecule has 4 nitrogen and oxygen atoms in total. The molecule has 18 heavy (non-hydrogen) atoms. The maximum absolute atomic E-state index is 11.5. The van der Waals surface area contributed by atoms with Crippen molar-refractivity contribution >= 4 is 5.91 Å². The second-order valence-corrected chi connectivity index (χ2v) is 4.78. The van der Waals surface area contributed by atoms with Gasteiger partial charge in [0.25, 0.3) is 0 Å². The van der Waals surface area contributed by atoms with Crippen molar-refractivity contribution in [2.45, 2.75) is 33.2 Å². The van der Waals surface area contributed by atoms with Crippen LogP contribution in [0.15, 0.2) is 24.4 Å². The normalized spacial score (nSPS) is 10.6. The van der Waals surface area contributed by atoms with E-state index in [9.17, 15) is 4.79 Å². The van der Waals surface area contributed by atoms with Gasteiger partial charge in [-0.05, 0) is 31.0 Å². The van der Waals surface area contributed by atoms with Gasteiger partial charge in [-0.2, -0.15) is 0 Å². The quantitative estimate of drug-likeness (QED) is 0.690. The minimum absolute atomic E-state index is 0.0673. The molecule has 0 bridgehead atoms. The van der Waals surface area contributed by atoms with Gasteiger partial charge in [0, 0.05) is 19.2 Å². The molecule has 0 unspecified atom stereocenters. The largest absolute Gasteiger partial charge is 0.350 e. The first-order chi connectivity index (χ1) is 8.68. The van der Waals surface area contributed by atoms with E-state index in [0.717, 1.165) is 25.2 Å². The van der Waals surface area contributed by atoms with Gasteiger partial charge in [-0.25, -0.2) is 0 Å². The summed E-state index contributed by atoms with van der Waals surface area (Å²) in [6, 6.07) is 5.69. The zero-order chi connectivity index (χ0) is 13.2. The molecule has 0 atom stereocenters. The third-order valence-electron chi connectivity index (χ3n) is 2.62. The van der Waals surface area contributed by atoms with E-state index in [0.29, 0.717) is 18.9 Å². The molecule has 0 aliphatic rings. The number of amides is 1. The van der Waals surface area contributed by atoms with Gasteiger partial charge in [0.1, 0.15) is 0 Å². The van der Waals surface area contributed by atoms with Gasteiger partial charge in [-0.15, -0.1) is 0 Å².